The third kappa shape index (κ3) is 5.56. The van der Waals surface area contributed by atoms with Gasteiger partial charge in [0.2, 0.25) is 0 Å². The van der Waals surface area contributed by atoms with Crippen molar-refractivity contribution in [1.82, 2.24) is 10.2 Å². The van der Waals surface area contributed by atoms with Crippen LogP contribution in [0.5, 0.6) is 17.2 Å². The number of guanidine groups is 1. The number of halogens is 1. The molecule has 0 spiro atoms. The van der Waals surface area contributed by atoms with Crippen molar-refractivity contribution in [3.05, 3.63) is 17.7 Å². The summed E-state index contributed by atoms with van der Waals surface area (Å²) in [6, 6.07) is 3.79. The van der Waals surface area contributed by atoms with E-state index < -0.39 is 0 Å². The Hall–Kier alpha value is -1.38. The highest BCUT2D eigenvalue weighted by molar-refractivity contribution is 14.0. The zero-order chi connectivity index (χ0) is 18.4. The van der Waals surface area contributed by atoms with E-state index in [1.165, 1.54) is 6.42 Å². The number of benzene rings is 1. The van der Waals surface area contributed by atoms with Gasteiger partial charge in [-0.25, -0.2) is 0 Å². The summed E-state index contributed by atoms with van der Waals surface area (Å²) in [5.41, 5.74) is 0.999. The summed E-state index contributed by atoms with van der Waals surface area (Å²) >= 11 is 0. The molecule has 0 amide bonds. The summed E-state index contributed by atoms with van der Waals surface area (Å²) in [5.74, 6) is 4.40. The molecule has 1 aliphatic heterocycles. The van der Waals surface area contributed by atoms with Gasteiger partial charge in [-0.05, 0) is 24.3 Å². The maximum absolute atomic E-state index is 5.50. The largest absolute Gasteiger partial charge is 0.496 e. The van der Waals surface area contributed by atoms with Crippen molar-refractivity contribution in [2.45, 2.75) is 26.8 Å². The average Bonchev–Trinajstić information content (AvgIpc) is 2.60. The number of piperidine rings is 1. The fourth-order valence-electron chi connectivity index (χ4n) is 3.57. The lowest BCUT2D eigenvalue weighted by Crippen LogP contribution is -2.48. The zero-order valence-electron chi connectivity index (χ0n) is 16.7. The van der Waals surface area contributed by atoms with Crippen LogP contribution in [0.15, 0.2) is 17.1 Å². The molecule has 0 saturated carbocycles. The number of nitrogens with zero attached hydrogens (tertiary/aromatic N) is 2. The van der Waals surface area contributed by atoms with Gasteiger partial charge in [-0.1, -0.05) is 13.8 Å². The Balaban J connectivity index is 0.00000338. The quantitative estimate of drug-likeness (QED) is 0.401. The Morgan fingerprint density at radius 1 is 1.04 bits per heavy atom. The third-order valence-corrected chi connectivity index (χ3v) is 4.60. The fourth-order valence-corrected chi connectivity index (χ4v) is 3.57. The first kappa shape index (κ1) is 22.7. The third-order valence-electron chi connectivity index (χ3n) is 4.60. The van der Waals surface area contributed by atoms with E-state index in [0.717, 1.165) is 30.4 Å². The van der Waals surface area contributed by atoms with Crippen LogP contribution in [0, 0.1) is 11.8 Å². The Labute approximate surface area is 174 Å². The van der Waals surface area contributed by atoms with Crippen LogP contribution in [-0.2, 0) is 6.54 Å². The molecule has 26 heavy (non-hydrogen) atoms. The van der Waals surface area contributed by atoms with Gasteiger partial charge in [0.05, 0.1) is 21.3 Å². The number of hydrogen-bond acceptors (Lipinski definition) is 4. The first-order valence-corrected chi connectivity index (χ1v) is 8.76. The molecule has 1 saturated heterocycles. The van der Waals surface area contributed by atoms with Crippen LogP contribution >= 0.6 is 24.0 Å². The highest BCUT2D eigenvalue weighted by Gasteiger charge is 2.24. The van der Waals surface area contributed by atoms with Gasteiger partial charge in [-0.15, -0.1) is 24.0 Å². The number of hydrogen-bond donors (Lipinski definition) is 1. The molecule has 0 bridgehead atoms. The van der Waals surface area contributed by atoms with Crippen molar-refractivity contribution >= 4 is 29.9 Å². The van der Waals surface area contributed by atoms with Gasteiger partial charge in [0.1, 0.15) is 5.75 Å². The molecular weight excluding hydrogens is 445 g/mol. The molecule has 1 aromatic carbocycles. The van der Waals surface area contributed by atoms with Crippen LogP contribution in [0.1, 0.15) is 25.8 Å². The van der Waals surface area contributed by atoms with Gasteiger partial charge < -0.3 is 24.4 Å². The molecule has 148 valence electrons. The summed E-state index contributed by atoms with van der Waals surface area (Å²) < 4.78 is 16.3. The topological polar surface area (TPSA) is 55.3 Å². The normalized spacial score (nSPS) is 20.2. The monoisotopic (exact) mass is 477 g/mol. The maximum Gasteiger partial charge on any atom is 0.193 e. The number of likely N-dealkylation sites (tertiary alicyclic amines) is 1. The van der Waals surface area contributed by atoms with Crippen LogP contribution in [0.25, 0.3) is 0 Å². The number of methoxy groups -OCH3 is 3. The lowest BCUT2D eigenvalue weighted by molar-refractivity contribution is 0.208. The predicted molar refractivity (Wildman–Crippen MR) is 116 cm³/mol. The minimum absolute atomic E-state index is 0. The molecule has 1 N–H and O–H groups in total. The molecule has 2 unspecified atom stereocenters. The molecule has 0 aliphatic carbocycles. The van der Waals surface area contributed by atoms with Crippen LogP contribution in [-0.4, -0.2) is 52.3 Å². The van der Waals surface area contributed by atoms with E-state index >= 15 is 0 Å². The average molecular weight is 477 g/mol. The first-order chi connectivity index (χ1) is 12.0. The predicted octanol–water partition coefficient (Wildman–Crippen LogP) is 3.38. The second kappa shape index (κ2) is 10.7. The molecule has 2 rings (SSSR count). The molecule has 7 heteroatoms. The van der Waals surface area contributed by atoms with Gasteiger partial charge in [-0.3, -0.25) is 4.99 Å². The van der Waals surface area contributed by atoms with Crippen molar-refractivity contribution in [3.8, 4) is 17.2 Å². The number of ether oxygens (including phenoxy) is 3. The highest BCUT2D eigenvalue weighted by Crippen LogP contribution is 2.34. The number of nitrogens with one attached hydrogen (secondary N) is 1. The molecule has 6 nitrogen and oxygen atoms in total. The summed E-state index contributed by atoms with van der Waals surface area (Å²) in [5, 5.41) is 3.46. The molecular formula is C19H32IN3O3. The lowest BCUT2D eigenvalue weighted by atomic mass is 9.92. The Kier molecular flexibility index (Phi) is 9.32. The summed E-state index contributed by atoms with van der Waals surface area (Å²) in [6.07, 6.45) is 1.27. The van der Waals surface area contributed by atoms with Crippen molar-refractivity contribution in [3.63, 3.8) is 0 Å². The molecule has 1 aliphatic rings. The maximum atomic E-state index is 5.50. The van der Waals surface area contributed by atoms with E-state index in [9.17, 15) is 0 Å². The van der Waals surface area contributed by atoms with E-state index in [2.05, 4.69) is 29.1 Å². The SMILES string of the molecule is CN=C(NCc1cc(OC)c(OC)cc1OC)N1CC(C)CC(C)C1.I. The molecule has 0 aromatic heterocycles. The van der Waals surface area contributed by atoms with Crippen LogP contribution < -0.4 is 19.5 Å². The molecule has 2 atom stereocenters. The lowest BCUT2D eigenvalue weighted by Gasteiger charge is -2.37. The second-order valence-electron chi connectivity index (χ2n) is 6.77. The van der Waals surface area contributed by atoms with Crippen molar-refractivity contribution in [2.75, 3.05) is 41.5 Å². The molecule has 1 heterocycles. The molecule has 1 fully saturated rings. The number of rotatable bonds is 5. The Bertz CT molecular complexity index is 600. The Morgan fingerprint density at radius 3 is 2.08 bits per heavy atom. The smallest absolute Gasteiger partial charge is 0.193 e. The van der Waals surface area contributed by atoms with Gasteiger partial charge >= 0.3 is 0 Å². The van der Waals surface area contributed by atoms with E-state index in [-0.39, 0.29) is 24.0 Å². The van der Waals surface area contributed by atoms with Gasteiger partial charge in [0.15, 0.2) is 17.5 Å². The highest BCUT2D eigenvalue weighted by atomic mass is 127. The molecule has 1 aromatic rings. The van der Waals surface area contributed by atoms with Gasteiger partial charge in [0, 0.05) is 38.3 Å². The van der Waals surface area contributed by atoms with E-state index in [1.54, 1.807) is 21.3 Å². The van der Waals surface area contributed by atoms with Crippen LogP contribution in [0.3, 0.4) is 0 Å². The Morgan fingerprint density at radius 2 is 1.58 bits per heavy atom. The summed E-state index contributed by atoms with van der Waals surface area (Å²) in [7, 11) is 6.75. The van der Waals surface area contributed by atoms with Gasteiger partial charge in [-0.2, -0.15) is 0 Å². The van der Waals surface area contributed by atoms with Gasteiger partial charge in [0.25, 0.3) is 0 Å². The first-order valence-electron chi connectivity index (χ1n) is 8.76. The fraction of sp³-hybridized carbons (Fsp3) is 0.632. The standard InChI is InChI=1S/C19H31N3O3.HI/c1-13-7-14(2)12-22(11-13)19(20-3)21-10-15-8-17(24-5)18(25-6)9-16(15)23-4;/h8-9,13-14H,7,10-12H2,1-6H3,(H,20,21);1H. The van der Waals surface area contributed by atoms with Crippen molar-refractivity contribution in [1.29, 1.82) is 0 Å². The van der Waals surface area contributed by atoms with E-state index in [4.69, 9.17) is 14.2 Å². The van der Waals surface area contributed by atoms with E-state index in [1.807, 2.05) is 19.2 Å². The van der Waals surface area contributed by atoms with E-state index in [0.29, 0.717) is 29.9 Å². The van der Waals surface area contributed by atoms with Crippen LogP contribution in [0.4, 0.5) is 0 Å². The summed E-state index contributed by atoms with van der Waals surface area (Å²) in [4.78, 5) is 6.80. The second-order valence-corrected chi connectivity index (χ2v) is 6.77. The van der Waals surface area contributed by atoms with Crippen molar-refractivity contribution in [2.24, 2.45) is 16.8 Å². The minimum atomic E-state index is 0. The zero-order valence-corrected chi connectivity index (χ0v) is 19.0. The summed E-state index contributed by atoms with van der Waals surface area (Å²) in [6.45, 7) is 7.27. The number of aliphatic imine (C=N–C) groups is 1. The van der Waals surface area contributed by atoms with Crippen molar-refractivity contribution < 1.29 is 14.2 Å². The van der Waals surface area contributed by atoms with Crippen LogP contribution in [0.2, 0.25) is 0 Å². The minimum Gasteiger partial charge on any atom is -0.496 e. The molecule has 0 radical (unpaired) electrons.